The Balaban J connectivity index is 1.92. The van der Waals surface area contributed by atoms with E-state index < -0.39 is 11.5 Å². The molecule has 1 saturated heterocycles. The van der Waals surface area contributed by atoms with Gasteiger partial charge in [0.1, 0.15) is 12.2 Å². The van der Waals surface area contributed by atoms with Gasteiger partial charge in [0.15, 0.2) is 0 Å². The molecule has 0 radical (unpaired) electrons. The van der Waals surface area contributed by atoms with Crippen molar-refractivity contribution in [1.82, 2.24) is 0 Å². The minimum absolute atomic E-state index is 0.140. The average molecular weight is 332 g/mol. The van der Waals surface area contributed by atoms with E-state index in [2.05, 4.69) is 6.92 Å². The topological polar surface area (TPSA) is 72.8 Å². The molecule has 1 saturated carbocycles. The highest BCUT2D eigenvalue weighted by Crippen LogP contribution is 2.64. The van der Waals surface area contributed by atoms with Crippen LogP contribution in [0.3, 0.4) is 0 Å². The zero-order valence-electron chi connectivity index (χ0n) is 14.5. The zero-order chi connectivity index (χ0) is 17.4. The monoisotopic (exact) mass is 332 g/mol. The molecule has 0 aromatic rings. The van der Waals surface area contributed by atoms with Crippen LogP contribution in [0.25, 0.3) is 0 Å². The number of ether oxygens (including phenoxy) is 2. The molecule has 2 aliphatic heterocycles. The van der Waals surface area contributed by atoms with Crippen LogP contribution in [0.1, 0.15) is 40.5 Å². The van der Waals surface area contributed by atoms with Gasteiger partial charge < -0.3 is 14.6 Å². The summed E-state index contributed by atoms with van der Waals surface area (Å²) in [6.45, 7) is 7.95. The van der Waals surface area contributed by atoms with Crippen LogP contribution in [-0.2, 0) is 19.1 Å². The van der Waals surface area contributed by atoms with Crippen molar-refractivity contribution in [2.45, 2.75) is 58.8 Å². The standard InChI is InChI=1S/C19H24O5/c1-9(2)15-10-7-12-16-18(3,11(10)8-14(21)24-15)6-5-13(20)19(16,4)17(22)23-12/h7-9,12-13,15-16,20H,5-6H2,1-4H3/t12-,13+,15-,16-,18-,19+/m1/s1. The van der Waals surface area contributed by atoms with Crippen molar-refractivity contribution in [2.75, 3.05) is 0 Å². The second-order valence-corrected chi connectivity index (χ2v) is 8.38. The van der Waals surface area contributed by atoms with Crippen molar-refractivity contribution in [1.29, 1.82) is 0 Å². The third-order valence-corrected chi connectivity index (χ3v) is 6.66. The van der Waals surface area contributed by atoms with E-state index in [1.807, 2.05) is 26.8 Å². The van der Waals surface area contributed by atoms with E-state index in [1.54, 1.807) is 6.08 Å². The van der Waals surface area contributed by atoms with Crippen LogP contribution in [0.15, 0.2) is 23.3 Å². The van der Waals surface area contributed by atoms with Gasteiger partial charge in [0.25, 0.3) is 0 Å². The van der Waals surface area contributed by atoms with Crippen molar-refractivity contribution in [3.63, 3.8) is 0 Å². The first-order chi connectivity index (χ1) is 11.2. The number of carbonyl (C=O) groups is 2. The molecule has 2 fully saturated rings. The normalized spacial score (nSPS) is 46.6. The first-order valence-electron chi connectivity index (χ1n) is 8.73. The van der Waals surface area contributed by atoms with Gasteiger partial charge in [-0.15, -0.1) is 0 Å². The third kappa shape index (κ3) is 1.74. The van der Waals surface area contributed by atoms with Gasteiger partial charge in [-0.2, -0.15) is 0 Å². The summed E-state index contributed by atoms with van der Waals surface area (Å²) in [5.74, 6) is -0.671. The lowest BCUT2D eigenvalue weighted by Gasteiger charge is -2.54. The Morgan fingerprint density at radius 2 is 1.96 bits per heavy atom. The van der Waals surface area contributed by atoms with Crippen LogP contribution < -0.4 is 0 Å². The van der Waals surface area contributed by atoms with Crippen molar-refractivity contribution >= 4 is 11.9 Å². The lowest BCUT2D eigenvalue weighted by molar-refractivity contribution is -0.155. The lowest BCUT2D eigenvalue weighted by atomic mass is 9.48. The SMILES string of the molecule is CC(C)[C@H]1OC(=O)C=C2C1=C[C@H]1OC(=O)[C@@]3(C)[C@@H](O)CC[C@@]2(C)[C@@H]13. The number of esters is 2. The van der Waals surface area contributed by atoms with Crippen LogP contribution in [0, 0.1) is 22.7 Å². The van der Waals surface area contributed by atoms with Gasteiger partial charge in [0, 0.05) is 17.4 Å². The van der Waals surface area contributed by atoms with Gasteiger partial charge >= 0.3 is 11.9 Å². The molecule has 0 spiro atoms. The predicted molar refractivity (Wildman–Crippen MR) is 85.7 cm³/mol. The minimum atomic E-state index is -0.921. The molecule has 1 N–H and O–H groups in total. The molecule has 24 heavy (non-hydrogen) atoms. The number of carbonyl (C=O) groups excluding carboxylic acids is 2. The molecule has 0 amide bonds. The third-order valence-electron chi connectivity index (χ3n) is 6.66. The number of fused-ring (bicyclic) bond motifs is 2. The van der Waals surface area contributed by atoms with Gasteiger partial charge in [-0.1, -0.05) is 20.8 Å². The maximum Gasteiger partial charge on any atom is 0.331 e. The Bertz CT molecular complexity index is 690. The van der Waals surface area contributed by atoms with Gasteiger partial charge in [0.2, 0.25) is 0 Å². The maximum absolute atomic E-state index is 12.6. The van der Waals surface area contributed by atoms with Crippen LogP contribution >= 0.6 is 0 Å². The first kappa shape index (κ1) is 15.9. The van der Waals surface area contributed by atoms with Gasteiger partial charge in [-0.05, 0) is 42.9 Å². The smallest absolute Gasteiger partial charge is 0.331 e. The Kier molecular flexibility index (Phi) is 3.12. The molecule has 6 atom stereocenters. The Hall–Kier alpha value is -1.62. The summed E-state index contributed by atoms with van der Waals surface area (Å²) < 4.78 is 11.2. The highest BCUT2D eigenvalue weighted by molar-refractivity contribution is 5.88. The van der Waals surface area contributed by atoms with Crippen molar-refractivity contribution in [2.24, 2.45) is 22.7 Å². The largest absolute Gasteiger partial charge is 0.457 e. The molecule has 4 aliphatic rings. The molecule has 0 bridgehead atoms. The molecule has 2 aliphatic carbocycles. The van der Waals surface area contributed by atoms with Crippen LogP contribution in [0.5, 0.6) is 0 Å². The quantitative estimate of drug-likeness (QED) is 0.745. The first-order valence-corrected chi connectivity index (χ1v) is 8.73. The van der Waals surface area contributed by atoms with E-state index >= 15 is 0 Å². The van der Waals surface area contributed by atoms with E-state index in [0.29, 0.717) is 6.42 Å². The second-order valence-electron chi connectivity index (χ2n) is 8.38. The number of hydrogen-bond donors (Lipinski definition) is 1. The molecule has 0 aromatic heterocycles. The second kappa shape index (κ2) is 4.72. The van der Waals surface area contributed by atoms with E-state index in [4.69, 9.17) is 9.47 Å². The summed E-state index contributed by atoms with van der Waals surface area (Å²) in [5.41, 5.74) is 0.647. The number of aliphatic hydroxyl groups excluding tert-OH is 1. The van der Waals surface area contributed by atoms with Gasteiger partial charge in [0.05, 0.1) is 11.5 Å². The molecule has 5 nitrogen and oxygen atoms in total. The minimum Gasteiger partial charge on any atom is -0.457 e. The number of aliphatic hydroxyl groups is 1. The van der Waals surface area contributed by atoms with Crippen molar-refractivity contribution < 1.29 is 24.2 Å². The highest BCUT2D eigenvalue weighted by atomic mass is 16.6. The van der Waals surface area contributed by atoms with Crippen molar-refractivity contribution in [3.8, 4) is 0 Å². The fraction of sp³-hybridized carbons (Fsp3) is 0.684. The number of rotatable bonds is 1. The summed E-state index contributed by atoms with van der Waals surface area (Å²) in [6, 6.07) is 0. The zero-order valence-corrected chi connectivity index (χ0v) is 14.5. The summed E-state index contributed by atoms with van der Waals surface area (Å²) in [5, 5.41) is 10.5. The molecule has 4 rings (SSSR count). The number of cyclic esters (lactones) is 1. The van der Waals surface area contributed by atoms with E-state index in [1.165, 1.54) is 0 Å². The van der Waals surface area contributed by atoms with E-state index in [0.717, 1.165) is 17.6 Å². The van der Waals surface area contributed by atoms with Crippen molar-refractivity contribution in [3.05, 3.63) is 23.3 Å². The summed E-state index contributed by atoms with van der Waals surface area (Å²) in [7, 11) is 0. The number of hydrogen-bond acceptors (Lipinski definition) is 5. The lowest BCUT2D eigenvalue weighted by Crippen LogP contribution is -2.56. The van der Waals surface area contributed by atoms with Crippen LogP contribution in [0.2, 0.25) is 0 Å². The molecule has 5 heteroatoms. The average Bonchev–Trinajstić information content (AvgIpc) is 2.77. The van der Waals surface area contributed by atoms with E-state index in [-0.39, 0.29) is 41.4 Å². The fourth-order valence-corrected chi connectivity index (χ4v) is 5.41. The van der Waals surface area contributed by atoms with E-state index in [9.17, 15) is 14.7 Å². The summed E-state index contributed by atoms with van der Waals surface area (Å²) >= 11 is 0. The predicted octanol–water partition coefficient (Wildman–Crippen LogP) is 2.14. The van der Waals surface area contributed by atoms with Gasteiger partial charge in [-0.25, -0.2) is 4.79 Å². The molecule has 2 heterocycles. The molecular weight excluding hydrogens is 308 g/mol. The Morgan fingerprint density at radius 3 is 2.62 bits per heavy atom. The maximum atomic E-state index is 12.6. The summed E-state index contributed by atoms with van der Waals surface area (Å²) in [6.07, 6.45) is 3.40. The molecule has 0 aromatic carbocycles. The molecule has 130 valence electrons. The molecular formula is C19H24O5. The Labute approximate surface area is 141 Å². The van der Waals surface area contributed by atoms with Crippen LogP contribution in [0.4, 0.5) is 0 Å². The highest BCUT2D eigenvalue weighted by Gasteiger charge is 2.68. The van der Waals surface area contributed by atoms with Gasteiger partial charge in [-0.3, -0.25) is 4.79 Å². The van der Waals surface area contributed by atoms with Crippen LogP contribution in [-0.4, -0.2) is 35.4 Å². The molecule has 0 unspecified atom stereocenters. The fourth-order valence-electron chi connectivity index (χ4n) is 5.41. The summed E-state index contributed by atoms with van der Waals surface area (Å²) in [4.78, 5) is 24.7. The Morgan fingerprint density at radius 1 is 1.25 bits per heavy atom.